The van der Waals surface area contributed by atoms with Gasteiger partial charge < -0.3 is 19.5 Å². The van der Waals surface area contributed by atoms with E-state index in [0.29, 0.717) is 25.4 Å². The van der Waals surface area contributed by atoms with E-state index in [-0.39, 0.29) is 12.2 Å². The molecule has 3 fully saturated rings. The van der Waals surface area contributed by atoms with E-state index in [1.54, 1.807) is 0 Å². The highest BCUT2D eigenvalue weighted by molar-refractivity contribution is 5.11. The summed E-state index contributed by atoms with van der Waals surface area (Å²) < 4.78 is 11.7. The van der Waals surface area contributed by atoms with E-state index in [1.807, 2.05) is 0 Å². The van der Waals surface area contributed by atoms with Crippen molar-refractivity contribution in [3.63, 3.8) is 0 Å². The van der Waals surface area contributed by atoms with E-state index in [4.69, 9.17) is 9.26 Å². The van der Waals surface area contributed by atoms with E-state index >= 15 is 0 Å². The third-order valence-electron chi connectivity index (χ3n) is 6.67. The Kier molecular flexibility index (Phi) is 5.37. The predicted octanol–water partition coefficient (Wildman–Crippen LogP) is 2.59. The number of likely N-dealkylation sites (tertiary alicyclic amines) is 1. The molecule has 1 spiro atoms. The number of aliphatic hydroxyl groups is 2. The SMILES string of the molecule is OCC1(O)CCOC2(CCN(Cc3cc(C4CCCCC4)no3)CC2)C1. The Morgan fingerprint density at radius 3 is 2.65 bits per heavy atom. The molecule has 6 heteroatoms. The van der Waals surface area contributed by atoms with E-state index in [2.05, 4.69) is 16.1 Å². The fraction of sp³-hybridized carbons (Fsp3) is 0.850. The average molecular weight is 364 g/mol. The lowest BCUT2D eigenvalue weighted by molar-refractivity contribution is -0.189. The van der Waals surface area contributed by atoms with Gasteiger partial charge in [0, 0.05) is 37.9 Å². The molecule has 0 amide bonds. The maximum Gasteiger partial charge on any atom is 0.150 e. The Labute approximate surface area is 155 Å². The van der Waals surface area contributed by atoms with Crippen LogP contribution in [0.5, 0.6) is 0 Å². The maximum absolute atomic E-state index is 10.5. The summed E-state index contributed by atoms with van der Waals surface area (Å²) in [4.78, 5) is 2.38. The fourth-order valence-electron chi connectivity index (χ4n) is 4.99. The minimum atomic E-state index is -0.972. The molecule has 2 N–H and O–H groups in total. The van der Waals surface area contributed by atoms with Gasteiger partial charge in [0.15, 0.2) is 5.76 Å². The van der Waals surface area contributed by atoms with Gasteiger partial charge in [-0.15, -0.1) is 0 Å². The molecule has 3 heterocycles. The van der Waals surface area contributed by atoms with Crippen molar-refractivity contribution >= 4 is 0 Å². The quantitative estimate of drug-likeness (QED) is 0.855. The van der Waals surface area contributed by atoms with E-state index in [1.165, 1.54) is 32.1 Å². The predicted molar refractivity (Wildman–Crippen MR) is 96.8 cm³/mol. The number of aliphatic hydroxyl groups excluding tert-OH is 1. The van der Waals surface area contributed by atoms with Crippen molar-refractivity contribution in [1.82, 2.24) is 10.1 Å². The zero-order chi connectivity index (χ0) is 18.0. The third-order valence-corrected chi connectivity index (χ3v) is 6.67. The lowest BCUT2D eigenvalue weighted by Gasteiger charge is -2.48. The molecule has 4 rings (SSSR count). The first-order valence-corrected chi connectivity index (χ1v) is 10.2. The van der Waals surface area contributed by atoms with Crippen molar-refractivity contribution in [3.8, 4) is 0 Å². The number of ether oxygens (including phenoxy) is 1. The second-order valence-corrected chi connectivity index (χ2v) is 8.67. The molecule has 1 atom stereocenters. The lowest BCUT2D eigenvalue weighted by atomic mass is 9.77. The molecular weight excluding hydrogens is 332 g/mol. The van der Waals surface area contributed by atoms with Crippen LogP contribution in [0.4, 0.5) is 0 Å². The molecule has 1 aromatic heterocycles. The molecule has 2 saturated heterocycles. The molecule has 1 unspecified atom stereocenters. The number of hydrogen-bond acceptors (Lipinski definition) is 6. The topological polar surface area (TPSA) is 79.0 Å². The first-order chi connectivity index (χ1) is 12.6. The fourth-order valence-corrected chi connectivity index (χ4v) is 4.99. The van der Waals surface area contributed by atoms with Gasteiger partial charge in [0.05, 0.1) is 36.7 Å². The Balaban J connectivity index is 1.31. The zero-order valence-corrected chi connectivity index (χ0v) is 15.7. The van der Waals surface area contributed by atoms with Crippen LogP contribution in [0.1, 0.15) is 75.2 Å². The van der Waals surface area contributed by atoms with Crippen LogP contribution >= 0.6 is 0 Å². The molecule has 3 aliphatic rings. The molecule has 1 saturated carbocycles. The van der Waals surface area contributed by atoms with Crippen molar-refractivity contribution in [3.05, 3.63) is 17.5 Å². The number of rotatable bonds is 4. The van der Waals surface area contributed by atoms with Gasteiger partial charge >= 0.3 is 0 Å². The van der Waals surface area contributed by atoms with Crippen LogP contribution < -0.4 is 0 Å². The largest absolute Gasteiger partial charge is 0.393 e. The monoisotopic (exact) mass is 364 g/mol. The van der Waals surface area contributed by atoms with Gasteiger partial charge in [-0.25, -0.2) is 0 Å². The summed E-state index contributed by atoms with van der Waals surface area (Å²) in [6, 6.07) is 2.15. The van der Waals surface area contributed by atoms with Crippen LogP contribution in [-0.2, 0) is 11.3 Å². The molecule has 2 aliphatic heterocycles. The van der Waals surface area contributed by atoms with Gasteiger partial charge in [-0.2, -0.15) is 0 Å². The number of nitrogens with zero attached hydrogens (tertiary/aromatic N) is 2. The van der Waals surface area contributed by atoms with Crippen molar-refractivity contribution < 1.29 is 19.5 Å². The first-order valence-electron chi connectivity index (χ1n) is 10.2. The summed E-state index contributed by atoms with van der Waals surface area (Å²) in [6.45, 7) is 2.98. The first kappa shape index (κ1) is 18.4. The van der Waals surface area contributed by atoms with Crippen LogP contribution in [0.25, 0.3) is 0 Å². The minimum Gasteiger partial charge on any atom is -0.393 e. The summed E-state index contributed by atoms with van der Waals surface area (Å²) in [5.74, 6) is 1.54. The normalized spacial score (nSPS) is 30.7. The number of hydrogen-bond donors (Lipinski definition) is 2. The highest BCUT2D eigenvalue weighted by Crippen LogP contribution is 2.40. The van der Waals surface area contributed by atoms with Gasteiger partial charge in [0.2, 0.25) is 0 Å². The summed E-state index contributed by atoms with van der Waals surface area (Å²) in [6.07, 6.45) is 9.28. The van der Waals surface area contributed by atoms with Crippen molar-refractivity contribution in [2.75, 3.05) is 26.3 Å². The molecule has 0 bridgehead atoms. The van der Waals surface area contributed by atoms with Crippen molar-refractivity contribution in [1.29, 1.82) is 0 Å². The molecule has 6 nitrogen and oxygen atoms in total. The van der Waals surface area contributed by atoms with Crippen LogP contribution in [0.2, 0.25) is 0 Å². The van der Waals surface area contributed by atoms with Crippen LogP contribution in [0, 0.1) is 0 Å². The molecule has 1 aliphatic carbocycles. The highest BCUT2D eigenvalue weighted by Gasteiger charge is 2.46. The van der Waals surface area contributed by atoms with Crippen LogP contribution in [0.3, 0.4) is 0 Å². The van der Waals surface area contributed by atoms with Gasteiger partial charge in [0.25, 0.3) is 0 Å². The molecule has 146 valence electrons. The molecule has 0 aromatic carbocycles. The van der Waals surface area contributed by atoms with Crippen LogP contribution in [-0.4, -0.2) is 57.8 Å². The van der Waals surface area contributed by atoms with Crippen molar-refractivity contribution in [2.24, 2.45) is 0 Å². The minimum absolute atomic E-state index is 0.177. The number of piperidine rings is 1. The van der Waals surface area contributed by atoms with Gasteiger partial charge in [0.1, 0.15) is 0 Å². The Hall–Kier alpha value is -0.950. The van der Waals surface area contributed by atoms with Crippen LogP contribution in [0.15, 0.2) is 10.6 Å². The van der Waals surface area contributed by atoms with E-state index in [0.717, 1.165) is 43.9 Å². The second-order valence-electron chi connectivity index (χ2n) is 8.67. The Morgan fingerprint density at radius 1 is 1.15 bits per heavy atom. The summed E-state index contributed by atoms with van der Waals surface area (Å²) in [5, 5.41) is 24.3. The summed E-state index contributed by atoms with van der Waals surface area (Å²) in [7, 11) is 0. The van der Waals surface area contributed by atoms with Gasteiger partial charge in [-0.05, 0) is 25.7 Å². The van der Waals surface area contributed by atoms with Crippen molar-refractivity contribution in [2.45, 2.75) is 81.5 Å². The standard InChI is InChI=1S/C20H32N2O4/c23-15-19(24)8-11-25-20(14-19)6-9-22(10-7-20)13-17-12-18(21-26-17)16-4-2-1-3-5-16/h12,16,23-24H,1-11,13-15H2. The molecule has 26 heavy (non-hydrogen) atoms. The third kappa shape index (κ3) is 3.98. The number of aromatic nitrogens is 1. The highest BCUT2D eigenvalue weighted by atomic mass is 16.5. The summed E-state index contributed by atoms with van der Waals surface area (Å²) in [5.41, 5.74) is -0.113. The molecule has 0 radical (unpaired) electrons. The van der Waals surface area contributed by atoms with Gasteiger partial charge in [-0.1, -0.05) is 24.4 Å². The average Bonchev–Trinajstić information content (AvgIpc) is 3.13. The second kappa shape index (κ2) is 7.58. The molecule has 1 aromatic rings. The molecular formula is C20H32N2O4. The maximum atomic E-state index is 10.5. The van der Waals surface area contributed by atoms with E-state index < -0.39 is 5.60 Å². The lowest BCUT2D eigenvalue weighted by Crippen LogP contribution is -2.55. The summed E-state index contributed by atoms with van der Waals surface area (Å²) >= 11 is 0. The van der Waals surface area contributed by atoms with Gasteiger partial charge in [-0.3, -0.25) is 4.90 Å². The smallest absolute Gasteiger partial charge is 0.150 e. The van der Waals surface area contributed by atoms with E-state index in [9.17, 15) is 10.2 Å². The Bertz CT molecular complexity index is 590. The Morgan fingerprint density at radius 2 is 1.92 bits per heavy atom. The zero-order valence-electron chi connectivity index (χ0n) is 15.7.